The van der Waals surface area contributed by atoms with Crippen molar-refractivity contribution < 1.29 is 19.1 Å². The van der Waals surface area contributed by atoms with Crippen LogP contribution in [0, 0.1) is 0 Å². The summed E-state index contributed by atoms with van der Waals surface area (Å²) in [7, 11) is 1.56. The highest BCUT2D eigenvalue weighted by molar-refractivity contribution is 5.94. The number of rotatable bonds is 10. The number of hydrogen-bond acceptors (Lipinski definition) is 5. The van der Waals surface area contributed by atoms with E-state index >= 15 is 0 Å². The predicted molar refractivity (Wildman–Crippen MR) is 113 cm³/mol. The molecule has 3 aromatic rings. The van der Waals surface area contributed by atoms with Gasteiger partial charge in [-0.2, -0.15) is 0 Å². The minimum atomic E-state index is -0.289. The monoisotopic (exact) mass is 408 g/mol. The lowest BCUT2D eigenvalue weighted by atomic mass is 10.2. The van der Waals surface area contributed by atoms with Crippen molar-refractivity contribution in [2.75, 3.05) is 25.6 Å². The van der Waals surface area contributed by atoms with Gasteiger partial charge < -0.3 is 24.7 Å². The summed E-state index contributed by atoms with van der Waals surface area (Å²) < 4.78 is 12.6. The second kappa shape index (κ2) is 10.7. The average molecular weight is 408 g/mol. The second-order valence-electron chi connectivity index (χ2n) is 6.50. The maximum atomic E-state index is 12.2. The smallest absolute Gasteiger partial charge is 0.262 e. The molecule has 0 bridgehead atoms. The standard InChI is InChI=1S/C22H24N4O4/c1-29-20-5-2-4-18(14-20)25-21(27)15-30-19-8-6-17(7-9-19)22(28)24-10-3-12-26-13-11-23-16-26/h2,4-9,11,13-14,16H,3,10,12,15H2,1H3,(H,24,28)(H,25,27). The third-order valence-electron chi connectivity index (χ3n) is 4.28. The molecule has 8 nitrogen and oxygen atoms in total. The summed E-state index contributed by atoms with van der Waals surface area (Å²) in [6, 6.07) is 13.7. The van der Waals surface area contributed by atoms with Gasteiger partial charge in [0.25, 0.3) is 11.8 Å². The van der Waals surface area contributed by atoms with Crippen LogP contribution < -0.4 is 20.1 Å². The maximum absolute atomic E-state index is 12.2. The summed E-state index contributed by atoms with van der Waals surface area (Å²) in [5.41, 5.74) is 1.16. The van der Waals surface area contributed by atoms with Gasteiger partial charge in [0.15, 0.2) is 6.61 Å². The van der Waals surface area contributed by atoms with E-state index in [0.717, 1.165) is 13.0 Å². The molecule has 0 radical (unpaired) electrons. The molecule has 1 heterocycles. The van der Waals surface area contributed by atoms with Crippen molar-refractivity contribution in [3.8, 4) is 11.5 Å². The average Bonchev–Trinajstić information content (AvgIpc) is 3.29. The molecule has 2 N–H and O–H groups in total. The van der Waals surface area contributed by atoms with Crippen LogP contribution in [-0.2, 0) is 11.3 Å². The largest absolute Gasteiger partial charge is 0.497 e. The molecule has 0 saturated carbocycles. The first-order chi connectivity index (χ1) is 14.6. The van der Waals surface area contributed by atoms with Gasteiger partial charge in [-0.15, -0.1) is 0 Å². The van der Waals surface area contributed by atoms with Crippen LogP contribution in [0.1, 0.15) is 16.8 Å². The second-order valence-corrected chi connectivity index (χ2v) is 6.50. The third-order valence-corrected chi connectivity index (χ3v) is 4.28. The van der Waals surface area contributed by atoms with Crippen molar-refractivity contribution in [2.24, 2.45) is 0 Å². The molecule has 1 aromatic heterocycles. The van der Waals surface area contributed by atoms with Crippen LogP contribution in [0.3, 0.4) is 0 Å². The molecule has 0 saturated heterocycles. The van der Waals surface area contributed by atoms with E-state index in [1.165, 1.54) is 0 Å². The van der Waals surface area contributed by atoms with Crippen molar-refractivity contribution in [2.45, 2.75) is 13.0 Å². The zero-order chi connectivity index (χ0) is 21.2. The molecule has 0 aliphatic heterocycles. The summed E-state index contributed by atoms with van der Waals surface area (Å²) in [5.74, 6) is 0.725. The van der Waals surface area contributed by atoms with E-state index in [4.69, 9.17) is 9.47 Å². The number of benzene rings is 2. The Hall–Kier alpha value is -3.81. The predicted octanol–water partition coefficient (Wildman–Crippen LogP) is 2.73. The molecule has 0 spiro atoms. The lowest BCUT2D eigenvalue weighted by molar-refractivity contribution is -0.118. The van der Waals surface area contributed by atoms with Gasteiger partial charge in [0.2, 0.25) is 0 Å². The molecule has 8 heteroatoms. The Balaban J connectivity index is 1.40. The lowest BCUT2D eigenvalue weighted by Crippen LogP contribution is -2.25. The van der Waals surface area contributed by atoms with Gasteiger partial charge in [0.05, 0.1) is 13.4 Å². The van der Waals surface area contributed by atoms with E-state index in [2.05, 4.69) is 15.6 Å². The fourth-order valence-corrected chi connectivity index (χ4v) is 2.73. The number of hydrogen-bond donors (Lipinski definition) is 2. The molecule has 2 aromatic carbocycles. The van der Waals surface area contributed by atoms with Crippen LogP contribution in [-0.4, -0.2) is 41.6 Å². The number of imidazole rings is 1. The normalized spacial score (nSPS) is 10.3. The SMILES string of the molecule is COc1cccc(NC(=O)COc2ccc(C(=O)NCCCn3ccnc3)cc2)c1. The van der Waals surface area contributed by atoms with Gasteiger partial charge in [-0.05, 0) is 42.8 Å². The van der Waals surface area contributed by atoms with Crippen LogP contribution in [0.4, 0.5) is 5.69 Å². The number of methoxy groups -OCH3 is 1. The van der Waals surface area contributed by atoms with E-state index in [1.807, 2.05) is 10.8 Å². The van der Waals surface area contributed by atoms with E-state index in [1.54, 1.807) is 68.2 Å². The number of carbonyl (C=O) groups excluding carboxylic acids is 2. The number of aryl methyl sites for hydroxylation is 1. The quantitative estimate of drug-likeness (QED) is 0.503. The highest BCUT2D eigenvalue weighted by Gasteiger charge is 2.07. The first-order valence-corrected chi connectivity index (χ1v) is 9.55. The van der Waals surface area contributed by atoms with Crippen molar-refractivity contribution in [3.05, 3.63) is 72.8 Å². The van der Waals surface area contributed by atoms with Crippen molar-refractivity contribution in [1.29, 1.82) is 0 Å². The zero-order valence-electron chi connectivity index (χ0n) is 16.7. The summed E-state index contributed by atoms with van der Waals surface area (Å²) in [5, 5.41) is 5.62. The fraction of sp³-hybridized carbons (Fsp3) is 0.227. The lowest BCUT2D eigenvalue weighted by Gasteiger charge is -2.09. The minimum Gasteiger partial charge on any atom is -0.497 e. The highest BCUT2D eigenvalue weighted by Crippen LogP contribution is 2.17. The fourth-order valence-electron chi connectivity index (χ4n) is 2.73. The van der Waals surface area contributed by atoms with Crippen LogP contribution in [0.25, 0.3) is 0 Å². The summed E-state index contributed by atoms with van der Waals surface area (Å²) in [6.07, 6.45) is 6.17. The molecule has 0 atom stereocenters. The summed E-state index contributed by atoms with van der Waals surface area (Å²) in [6.45, 7) is 1.22. The zero-order valence-corrected chi connectivity index (χ0v) is 16.7. The molecular weight excluding hydrogens is 384 g/mol. The Morgan fingerprint density at radius 3 is 2.67 bits per heavy atom. The van der Waals surface area contributed by atoms with Gasteiger partial charge >= 0.3 is 0 Å². The Morgan fingerprint density at radius 2 is 1.93 bits per heavy atom. The molecule has 2 amide bonds. The molecule has 30 heavy (non-hydrogen) atoms. The van der Waals surface area contributed by atoms with Gasteiger partial charge in [0, 0.05) is 42.8 Å². The number of anilines is 1. The van der Waals surface area contributed by atoms with Crippen LogP contribution in [0.2, 0.25) is 0 Å². The van der Waals surface area contributed by atoms with Gasteiger partial charge in [0.1, 0.15) is 11.5 Å². The topological polar surface area (TPSA) is 94.5 Å². The van der Waals surface area contributed by atoms with E-state index in [9.17, 15) is 9.59 Å². The van der Waals surface area contributed by atoms with Crippen LogP contribution in [0.5, 0.6) is 11.5 Å². The molecular formula is C22H24N4O4. The number of aromatic nitrogens is 2. The summed E-state index contributed by atoms with van der Waals surface area (Å²) >= 11 is 0. The van der Waals surface area contributed by atoms with E-state index < -0.39 is 0 Å². The Bertz CT molecular complexity index is 956. The molecule has 0 fully saturated rings. The third kappa shape index (κ3) is 6.37. The number of amides is 2. The molecule has 156 valence electrons. The molecule has 0 aliphatic carbocycles. The van der Waals surface area contributed by atoms with E-state index in [-0.39, 0.29) is 18.4 Å². The van der Waals surface area contributed by atoms with Gasteiger partial charge in [-0.1, -0.05) is 6.07 Å². The Labute approximate surface area is 174 Å². The van der Waals surface area contributed by atoms with Gasteiger partial charge in [-0.3, -0.25) is 9.59 Å². The first-order valence-electron chi connectivity index (χ1n) is 9.55. The first kappa shape index (κ1) is 20.9. The van der Waals surface area contributed by atoms with Crippen molar-refractivity contribution in [3.63, 3.8) is 0 Å². The summed E-state index contributed by atoms with van der Waals surface area (Å²) in [4.78, 5) is 28.2. The highest BCUT2D eigenvalue weighted by atomic mass is 16.5. The van der Waals surface area contributed by atoms with Crippen molar-refractivity contribution >= 4 is 17.5 Å². The van der Waals surface area contributed by atoms with Crippen LogP contribution in [0.15, 0.2) is 67.3 Å². The Kier molecular flexibility index (Phi) is 7.43. The maximum Gasteiger partial charge on any atom is 0.262 e. The Morgan fingerprint density at radius 1 is 1.10 bits per heavy atom. The van der Waals surface area contributed by atoms with Crippen LogP contribution >= 0.6 is 0 Å². The molecule has 0 unspecified atom stereocenters. The molecule has 3 rings (SSSR count). The van der Waals surface area contributed by atoms with Crippen molar-refractivity contribution in [1.82, 2.24) is 14.9 Å². The molecule has 0 aliphatic rings. The minimum absolute atomic E-state index is 0.142. The van der Waals surface area contributed by atoms with E-state index in [0.29, 0.717) is 29.3 Å². The number of ether oxygens (including phenoxy) is 2. The van der Waals surface area contributed by atoms with Gasteiger partial charge in [-0.25, -0.2) is 4.98 Å². The number of nitrogens with zero attached hydrogens (tertiary/aromatic N) is 2. The number of nitrogens with one attached hydrogen (secondary N) is 2. The number of carbonyl (C=O) groups is 2.